The molecule has 0 aliphatic heterocycles. The second-order valence-electron chi connectivity index (χ2n) is 7.88. The summed E-state index contributed by atoms with van der Waals surface area (Å²) in [6.45, 7) is 4.82. The van der Waals surface area contributed by atoms with Gasteiger partial charge in [0.15, 0.2) is 0 Å². The molecule has 158 valence electrons. The molecule has 0 radical (unpaired) electrons. The van der Waals surface area contributed by atoms with Crippen LogP contribution in [0.3, 0.4) is 0 Å². The van der Waals surface area contributed by atoms with Gasteiger partial charge >= 0.3 is 0 Å². The van der Waals surface area contributed by atoms with Gasteiger partial charge in [-0.3, -0.25) is 0 Å². The second kappa shape index (κ2) is 18.2. The third-order valence-corrected chi connectivity index (χ3v) is 5.89. The molecule has 0 spiro atoms. The summed E-state index contributed by atoms with van der Waals surface area (Å²) in [4.78, 5) is 0. The Kier molecular flexibility index (Phi) is 18.2. The Morgan fingerprint density at radius 1 is 0.692 bits per heavy atom. The van der Waals surface area contributed by atoms with Crippen LogP contribution >= 0.6 is 0 Å². The molecule has 1 N–H and O–H groups in total. The van der Waals surface area contributed by atoms with Gasteiger partial charge < -0.3 is 9.87 Å². The zero-order valence-corrected chi connectivity index (χ0v) is 18.3. The highest BCUT2D eigenvalue weighted by Crippen LogP contribution is 2.13. The molecule has 0 heterocycles. The summed E-state index contributed by atoms with van der Waals surface area (Å²) < 4.78 is 31.9. The van der Waals surface area contributed by atoms with Crippen molar-refractivity contribution in [1.82, 2.24) is 5.32 Å². The third-order valence-electron chi connectivity index (χ3n) is 4.98. The maximum atomic E-state index is 10.6. The van der Waals surface area contributed by atoms with E-state index in [9.17, 15) is 13.0 Å². The quantitative estimate of drug-likeness (QED) is 0.211. The summed E-state index contributed by atoms with van der Waals surface area (Å²) >= 11 is 0. The van der Waals surface area contributed by atoms with Gasteiger partial charge in [0, 0.05) is 6.04 Å². The Balaban J connectivity index is 3.13. The monoisotopic (exact) mass is 390 g/mol. The molecule has 0 fully saturated rings. The minimum atomic E-state index is -4.11. The van der Waals surface area contributed by atoms with Crippen LogP contribution < -0.4 is 5.32 Å². The molecule has 5 heteroatoms. The first-order chi connectivity index (χ1) is 12.5. The van der Waals surface area contributed by atoms with Crippen molar-refractivity contribution in [2.45, 2.75) is 123 Å². The SMILES string of the molecule is CCCCCCCCCCCCCCCCCCNC(C)CS(=O)(=O)[O-]. The highest BCUT2D eigenvalue weighted by atomic mass is 32.2. The van der Waals surface area contributed by atoms with Gasteiger partial charge in [-0.05, 0) is 19.9 Å². The Morgan fingerprint density at radius 2 is 1.04 bits per heavy atom. The first kappa shape index (κ1) is 25.9. The topological polar surface area (TPSA) is 69.2 Å². The summed E-state index contributed by atoms with van der Waals surface area (Å²) in [6, 6.07) is -0.242. The standard InChI is InChI=1S/C21H45NO3S/c1-3-4-5-6-7-8-9-10-11-12-13-14-15-16-17-18-19-22-21(2)20-26(23,24)25/h21-22H,3-20H2,1-2H3,(H,23,24,25)/p-1. The van der Waals surface area contributed by atoms with Crippen molar-refractivity contribution in [2.75, 3.05) is 12.3 Å². The van der Waals surface area contributed by atoms with Crippen LogP contribution in [0.5, 0.6) is 0 Å². The van der Waals surface area contributed by atoms with E-state index in [1.807, 2.05) is 0 Å². The van der Waals surface area contributed by atoms with Gasteiger partial charge in [-0.1, -0.05) is 103 Å². The molecule has 4 nitrogen and oxygen atoms in total. The van der Waals surface area contributed by atoms with Crippen molar-refractivity contribution in [3.8, 4) is 0 Å². The molecule has 1 atom stereocenters. The van der Waals surface area contributed by atoms with Crippen molar-refractivity contribution in [3.05, 3.63) is 0 Å². The van der Waals surface area contributed by atoms with E-state index in [4.69, 9.17) is 0 Å². The number of unbranched alkanes of at least 4 members (excludes halogenated alkanes) is 15. The molecule has 0 bridgehead atoms. The third kappa shape index (κ3) is 21.9. The van der Waals surface area contributed by atoms with Crippen LogP contribution in [-0.4, -0.2) is 31.3 Å². The van der Waals surface area contributed by atoms with E-state index in [0.29, 0.717) is 0 Å². The molecule has 0 aliphatic rings. The lowest BCUT2D eigenvalue weighted by atomic mass is 10.0. The number of nitrogens with one attached hydrogen (secondary N) is 1. The molecule has 26 heavy (non-hydrogen) atoms. The smallest absolute Gasteiger partial charge is 0.0961 e. The van der Waals surface area contributed by atoms with E-state index < -0.39 is 10.1 Å². The van der Waals surface area contributed by atoms with Gasteiger partial charge in [0.05, 0.1) is 15.9 Å². The fraction of sp³-hybridized carbons (Fsp3) is 1.00. The molecule has 1 unspecified atom stereocenters. The van der Waals surface area contributed by atoms with Crippen LogP contribution in [0.2, 0.25) is 0 Å². The lowest BCUT2D eigenvalue weighted by Crippen LogP contribution is -2.33. The molecular weight excluding hydrogens is 346 g/mol. The Bertz CT molecular complexity index is 385. The van der Waals surface area contributed by atoms with Gasteiger partial charge in [0.1, 0.15) is 0 Å². The van der Waals surface area contributed by atoms with Crippen molar-refractivity contribution < 1.29 is 13.0 Å². The molecule has 0 amide bonds. The maximum absolute atomic E-state index is 10.6. The minimum absolute atomic E-state index is 0.242. The zero-order valence-electron chi connectivity index (χ0n) is 17.4. The molecule has 0 saturated carbocycles. The molecule has 0 aliphatic carbocycles. The number of hydrogen-bond acceptors (Lipinski definition) is 4. The van der Waals surface area contributed by atoms with Crippen LogP contribution in [0.15, 0.2) is 0 Å². The summed E-state index contributed by atoms with van der Waals surface area (Å²) in [5, 5.41) is 3.11. The van der Waals surface area contributed by atoms with Gasteiger partial charge in [-0.25, -0.2) is 8.42 Å². The van der Waals surface area contributed by atoms with Crippen LogP contribution in [0.25, 0.3) is 0 Å². The second-order valence-corrected chi connectivity index (χ2v) is 9.33. The van der Waals surface area contributed by atoms with Gasteiger partial charge in [-0.15, -0.1) is 0 Å². The lowest BCUT2D eigenvalue weighted by Gasteiger charge is -2.15. The van der Waals surface area contributed by atoms with E-state index >= 15 is 0 Å². The van der Waals surface area contributed by atoms with Crippen LogP contribution in [-0.2, 0) is 10.1 Å². The molecule has 0 rings (SSSR count). The van der Waals surface area contributed by atoms with Crippen LogP contribution in [0.1, 0.15) is 117 Å². The Morgan fingerprint density at radius 3 is 1.38 bits per heavy atom. The van der Waals surface area contributed by atoms with Gasteiger partial charge in [0.2, 0.25) is 0 Å². The van der Waals surface area contributed by atoms with E-state index in [1.165, 1.54) is 96.3 Å². The van der Waals surface area contributed by atoms with E-state index in [2.05, 4.69) is 12.2 Å². The zero-order chi connectivity index (χ0) is 19.5. The molecule has 0 aromatic rings. The first-order valence-electron chi connectivity index (χ1n) is 11.1. The summed E-state index contributed by atoms with van der Waals surface area (Å²) in [5.41, 5.74) is 0. The Hall–Kier alpha value is -0.130. The average molecular weight is 391 g/mol. The first-order valence-corrected chi connectivity index (χ1v) is 12.7. The highest BCUT2D eigenvalue weighted by Gasteiger charge is 2.04. The van der Waals surface area contributed by atoms with Crippen LogP contribution in [0, 0.1) is 0 Å². The normalized spacial score (nSPS) is 13.2. The summed E-state index contributed by atoms with van der Waals surface area (Å²) in [6.07, 6.45) is 21.6. The number of hydrogen-bond donors (Lipinski definition) is 1. The fourth-order valence-corrected chi connectivity index (χ4v) is 4.12. The molecule has 0 aromatic heterocycles. The minimum Gasteiger partial charge on any atom is -0.748 e. The highest BCUT2D eigenvalue weighted by molar-refractivity contribution is 7.85. The Labute approximate surface area is 163 Å². The van der Waals surface area contributed by atoms with Crippen molar-refractivity contribution >= 4 is 10.1 Å². The van der Waals surface area contributed by atoms with Gasteiger partial charge in [0.25, 0.3) is 0 Å². The average Bonchev–Trinajstić information content (AvgIpc) is 2.56. The molecule has 0 saturated heterocycles. The van der Waals surface area contributed by atoms with E-state index in [0.717, 1.165) is 13.0 Å². The predicted octanol–water partition coefficient (Wildman–Crippen LogP) is 5.77. The summed E-state index contributed by atoms with van der Waals surface area (Å²) in [5.74, 6) is -0.314. The van der Waals surface area contributed by atoms with Crippen molar-refractivity contribution in [2.24, 2.45) is 0 Å². The van der Waals surface area contributed by atoms with E-state index in [1.54, 1.807) is 6.92 Å². The van der Waals surface area contributed by atoms with Gasteiger partial charge in [-0.2, -0.15) is 0 Å². The largest absolute Gasteiger partial charge is 0.748 e. The van der Waals surface area contributed by atoms with Crippen molar-refractivity contribution in [1.29, 1.82) is 0 Å². The molecular formula is C21H44NO3S-. The molecule has 0 aromatic carbocycles. The summed E-state index contributed by atoms with van der Waals surface area (Å²) in [7, 11) is -4.11. The predicted molar refractivity (Wildman–Crippen MR) is 112 cm³/mol. The fourth-order valence-electron chi connectivity index (χ4n) is 3.39. The van der Waals surface area contributed by atoms with Crippen LogP contribution in [0.4, 0.5) is 0 Å². The number of rotatable bonds is 20. The lowest BCUT2D eigenvalue weighted by molar-refractivity contribution is 0.449. The maximum Gasteiger partial charge on any atom is 0.0961 e. The van der Waals surface area contributed by atoms with E-state index in [-0.39, 0.29) is 11.8 Å². The van der Waals surface area contributed by atoms with Crippen molar-refractivity contribution in [3.63, 3.8) is 0 Å².